The fraction of sp³-hybridized carbons (Fsp3) is 0.462. The highest BCUT2D eigenvalue weighted by Crippen LogP contribution is 2.39. The van der Waals surface area contributed by atoms with Gasteiger partial charge in [0.1, 0.15) is 5.69 Å². The lowest BCUT2D eigenvalue weighted by Gasteiger charge is -2.09. The summed E-state index contributed by atoms with van der Waals surface area (Å²) in [6.45, 7) is 2.16. The molecule has 0 amide bonds. The first kappa shape index (κ1) is 11.2. The third-order valence-corrected chi connectivity index (χ3v) is 3.67. The van der Waals surface area contributed by atoms with Crippen LogP contribution in [0.1, 0.15) is 36.2 Å². The van der Waals surface area contributed by atoms with Gasteiger partial charge in [0.25, 0.3) is 0 Å². The molecule has 5 nitrogen and oxygen atoms in total. The van der Waals surface area contributed by atoms with Gasteiger partial charge in [0.05, 0.1) is 17.3 Å². The first-order valence-electron chi connectivity index (χ1n) is 6.23. The van der Waals surface area contributed by atoms with Gasteiger partial charge in [-0.05, 0) is 31.7 Å². The number of hydrogen-bond acceptors (Lipinski definition) is 3. The van der Waals surface area contributed by atoms with E-state index in [1.54, 1.807) is 10.9 Å². The fourth-order valence-corrected chi connectivity index (χ4v) is 2.30. The topological polar surface area (TPSA) is 52.7 Å². The maximum Gasteiger partial charge on any atom is 0.153 e. The van der Waals surface area contributed by atoms with Crippen molar-refractivity contribution in [2.75, 3.05) is 0 Å². The number of hydrogen-bond donors (Lipinski definition) is 0. The van der Waals surface area contributed by atoms with E-state index < -0.39 is 0 Å². The van der Waals surface area contributed by atoms with Gasteiger partial charge in [0.15, 0.2) is 6.29 Å². The normalized spacial score (nSPS) is 16.8. The molecule has 18 heavy (non-hydrogen) atoms. The standard InChI is InChI=1S/C13H16N4O/c1-9(10-3-4-10)17-7-11(8-18)13(15-17)12-5-6-14-16(12)2/h5-10H,3-4H2,1-2H3. The quantitative estimate of drug-likeness (QED) is 0.774. The second-order valence-electron chi connectivity index (χ2n) is 4.95. The first-order chi connectivity index (χ1) is 8.70. The SMILES string of the molecule is CC(C1CC1)n1cc(C=O)c(-c2ccnn2C)n1. The van der Waals surface area contributed by atoms with E-state index in [1.807, 2.05) is 24.0 Å². The predicted molar refractivity (Wildman–Crippen MR) is 67.3 cm³/mol. The number of rotatable bonds is 4. The third kappa shape index (κ3) is 1.75. The molecule has 0 spiro atoms. The Labute approximate surface area is 105 Å². The van der Waals surface area contributed by atoms with Crippen molar-refractivity contribution in [2.24, 2.45) is 13.0 Å². The maximum absolute atomic E-state index is 11.2. The monoisotopic (exact) mass is 244 g/mol. The second kappa shape index (κ2) is 4.08. The second-order valence-corrected chi connectivity index (χ2v) is 4.95. The molecule has 1 saturated carbocycles. The Kier molecular flexibility index (Phi) is 2.54. The van der Waals surface area contributed by atoms with Crippen molar-refractivity contribution in [1.82, 2.24) is 19.6 Å². The minimum atomic E-state index is 0.366. The molecule has 1 atom stereocenters. The minimum Gasteiger partial charge on any atom is -0.298 e. The van der Waals surface area contributed by atoms with E-state index in [-0.39, 0.29) is 0 Å². The molecule has 2 aromatic rings. The number of nitrogens with zero attached hydrogens (tertiary/aromatic N) is 4. The first-order valence-corrected chi connectivity index (χ1v) is 6.23. The van der Waals surface area contributed by atoms with Crippen LogP contribution in [-0.4, -0.2) is 25.8 Å². The van der Waals surface area contributed by atoms with E-state index >= 15 is 0 Å². The van der Waals surface area contributed by atoms with Gasteiger partial charge in [-0.2, -0.15) is 10.2 Å². The maximum atomic E-state index is 11.2. The molecule has 0 saturated heterocycles. The summed E-state index contributed by atoms with van der Waals surface area (Å²) in [4.78, 5) is 11.2. The Morgan fingerprint density at radius 3 is 2.83 bits per heavy atom. The van der Waals surface area contributed by atoms with E-state index in [2.05, 4.69) is 17.1 Å². The lowest BCUT2D eigenvalue weighted by Crippen LogP contribution is -2.07. The number of aromatic nitrogens is 4. The van der Waals surface area contributed by atoms with Gasteiger partial charge in [-0.3, -0.25) is 14.2 Å². The predicted octanol–water partition coefficient (Wildman–Crippen LogP) is 2.07. The molecule has 5 heteroatoms. The van der Waals surface area contributed by atoms with Gasteiger partial charge in [-0.1, -0.05) is 0 Å². The zero-order valence-electron chi connectivity index (χ0n) is 10.6. The number of aryl methyl sites for hydroxylation is 1. The van der Waals surface area contributed by atoms with E-state index in [0.717, 1.165) is 17.7 Å². The lowest BCUT2D eigenvalue weighted by molar-refractivity contribution is 0.112. The Morgan fingerprint density at radius 1 is 1.50 bits per heavy atom. The van der Waals surface area contributed by atoms with Crippen molar-refractivity contribution in [1.29, 1.82) is 0 Å². The van der Waals surface area contributed by atoms with Gasteiger partial charge in [-0.25, -0.2) is 0 Å². The van der Waals surface area contributed by atoms with Gasteiger partial charge >= 0.3 is 0 Å². The molecule has 0 radical (unpaired) electrons. The summed E-state index contributed by atoms with van der Waals surface area (Å²) in [5, 5.41) is 8.69. The molecule has 3 rings (SSSR count). The van der Waals surface area contributed by atoms with E-state index in [4.69, 9.17) is 0 Å². The number of aldehydes is 1. The summed E-state index contributed by atoms with van der Waals surface area (Å²) in [7, 11) is 1.85. The van der Waals surface area contributed by atoms with Crippen LogP contribution in [0, 0.1) is 5.92 Å². The summed E-state index contributed by atoms with van der Waals surface area (Å²) in [5.74, 6) is 0.712. The van der Waals surface area contributed by atoms with Crippen molar-refractivity contribution in [2.45, 2.75) is 25.8 Å². The molecule has 1 aliphatic rings. The summed E-state index contributed by atoms with van der Waals surface area (Å²) in [5.41, 5.74) is 2.22. The molecule has 94 valence electrons. The van der Waals surface area contributed by atoms with E-state index in [1.165, 1.54) is 12.8 Å². The molecule has 1 fully saturated rings. The van der Waals surface area contributed by atoms with Crippen LogP contribution in [0.2, 0.25) is 0 Å². The molecule has 2 aromatic heterocycles. The van der Waals surface area contributed by atoms with Gasteiger partial charge in [-0.15, -0.1) is 0 Å². The molecule has 0 bridgehead atoms. The summed E-state index contributed by atoms with van der Waals surface area (Å²) in [6, 6.07) is 2.24. The molecule has 0 N–H and O–H groups in total. The highest BCUT2D eigenvalue weighted by atomic mass is 16.1. The Morgan fingerprint density at radius 2 is 2.28 bits per heavy atom. The van der Waals surface area contributed by atoms with Gasteiger partial charge in [0.2, 0.25) is 0 Å². The summed E-state index contributed by atoms with van der Waals surface area (Å²) < 4.78 is 3.66. The van der Waals surface area contributed by atoms with Crippen molar-refractivity contribution < 1.29 is 4.79 Å². The molecule has 1 aliphatic carbocycles. The minimum absolute atomic E-state index is 0.366. The van der Waals surface area contributed by atoms with Crippen molar-refractivity contribution in [3.63, 3.8) is 0 Å². The van der Waals surface area contributed by atoms with Crippen molar-refractivity contribution >= 4 is 6.29 Å². The Bertz CT molecular complexity index is 580. The molecular formula is C13H16N4O. The number of carbonyl (C=O) groups excluding carboxylic acids is 1. The van der Waals surface area contributed by atoms with Crippen LogP contribution in [0.5, 0.6) is 0 Å². The molecular weight excluding hydrogens is 228 g/mol. The van der Waals surface area contributed by atoms with Crippen LogP contribution in [0.15, 0.2) is 18.5 Å². The molecule has 2 heterocycles. The van der Waals surface area contributed by atoms with Crippen LogP contribution in [0.25, 0.3) is 11.4 Å². The Balaban J connectivity index is 2.03. The summed E-state index contributed by atoms with van der Waals surface area (Å²) >= 11 is 0. The Hall–Kier alpha value is -1.91. The number of carbonyl (C=O) groups is 1. The van der Waals surface area contributed by atoms with Crippen molar-refractivity contribution in [3.8, 4) is 11.4 Å². The zero-order chi connectivity index (χ0) is 12.7. The van der Waals surface area contributed by atoms with Crippen LogP contribution in [-0.2, 0) is 7.05 Å². The smallest absolute Gasteiger partial charge is 0.153 e. The summed E-state index contributed by atoms with van der Waals surface area (Å²) in [6.07, 6.45) is 6.95. The molecule has 0 aromatic carbocycles. The fourth-order valence-electron chi connectivity index (χ4n) is 2.30. The lowest BCUT2D eigenvalue weighted by atomic mass is 10.2. The van der Waals surface area contributed by atoms with E-state index in [0.29, 0.717) is 17.5 Å². The largest absolute Gasteiger partial charge is 0.298 e. The molecule has 0 aliphatic heterocycles. The van der Waals surface area contributed by atoms with E-state index in [9.17, 15) is 4.79 Å². The van der Waals surface area contributed by atoms with Crippen LogP contribution < -0.4 is 0 Å². The molecule has 1 unspecified atom stereocenters. The average molecular weight is 244 g/mol. The van der Waals surface area contributed by atoms with Gasteiger partial charge in [0, 0.05) is 19.4 Å². The van der Waals surface area contributed by atoms with Gasteiger partial charge < -0.3 is 0 Å². The van der Waals surface area contributed by atoms with Crippen molar-refractivity contribution in [3.05, 3.63) is 24.0 Å². The van der Waals surface area contributed by atoms with Crippen LogP contribution in [0.3, 0.4) is 0 Å². The highest BCUT2D eigenvalue weighted by molar-refractivity contribution is 5.84. The third-order valence-electron chi connectivity index (χ3n) is 3.67. The average Bonchev–Trinajstić information content (AvgIpc) is 3.00. The van der Waals surface area contributed by atoms with Crippen LogP contribution >= 0.6 is 0 Å². The van der Waals surface area contributed by atoms with Crippen LogP contribution in [0.4, 0.5) is 0 Å². The highest BCUT2D eigenvalue weighted by Gasteiger charge is 2.30. The zero-order valence-corrected chi connectivity index (χ0v) is 10.6.